The molecule has 0 spiro atoms. The third-order valence-electron chi connectivity index (χ3n) is 1.95. The second kappa shape index (κ2) is 5.11. The van der Waals surface area contributed by atoms with Gasteiger partial charge in [-0.15, -0.1) is 0 Å². The first-order valence-corrected chi connectivity index (χ1v) is 4.39. The first-order chi connectivity index (χ1) is 7.22. The lowest BCUT2D eigenvalue weighted by Gasteiger charge is -2.15. The standard InChI is InChI=1S/C10H13N3O2/c1-15-10(14)13(7-12)9-4-2-8(6-11)3-5-9/h2-5,7,12H,6,11H2,1H3. The van der Waals surface area contributed by atoms with Crippen LogP contribution in [0.4, 0.5) is 10.5 Å². The zero-order valence-electron chi connectivity index (χ0n) is 8.43. The van der Waals surface area contributed by atoms with E-state index in [1.165, 1.54) is 7.11 Å². The van der Waals surface area contributed by atoms with Crippen molar-refractivity contribution in [2.45, 2.75) is 6.54 Å². The van der Waals surface area contributed by atoms with Crippen LogP contribution in [0.5, 0.6) is 0 Å². The third-order valence-corrected chi connectivity index (χ3v) is 1.95. The molecule has 0 atom stereocenters. The lowest BCUT2D eigenvalue weighted by atomic mass is 10.2. The van der Waals surface area contributed by atoms with Crippen LogP contribution >= 0.6 is 0 Å². The Morgan fingerprint density at radius 3 is 2.53 bits per heavy atom. The number of anilines is 1. The van der Waals surface area contributed by atoms with Crippen molar-refractivity contribution < 1.29 is 9.53 Å². The zero-order chi connectivity index (χ0) is 11.3. The lowest BCUT2D eigenvalue weighted by molar-refractivity contribution is 0.182. The number of nitrogens with two attached hydrogens (primary N) is 1. The number of nitrogens with one attached hydrogen (secondary N) is 1. The lowest BCUT2D eigenvalue weighted by Crippen LogP contribution is -2.28. The molecule has 0 heterocycles. The molecule has 0 unspecified atom stereocenters. The first-order valence-electron chi connectivity index (χ1n) is 4.39. The highest BCUT2D eigenvalue weighted by Gasteiger charge is 2.12. The molecule has 80 valence electrons. The maximum atomic E-state index is 11.2. The Balaban J connectivity index is 2.92. The number of benzene rings is 1. The molecule has 0 bridgehead atoms. The van der Waals surface area contributed by atoms with Crippen molar-refractivity contribution in [1.82, 2.24) is 0 Å². The van der Waals surface area contributed by atoms with Gasteiger partial charge in [-0.2, -0.15) is 0 Å². The van der Waals surface area contributed by atoms with Crippen molar-refractivity contribution in [2.75, 3.05) is 12.0 Å². The number of ether oxygens (including phenoxy) is 1. The van der Waals surface area contributed by atoms with E-state index in [9.17, 15) is 4.79 Å². The molecule has 1 aromatic rings. The number of carbonyl (C=O) groups is 1. The molecule has 0 aromatic heterocycles. The molecule has 1 aromatic carbocycles. The van der Waals surface area contributed by atoms with Crippen LogP contribution < -0.4 is 10.6 Å². The van der Waals surface area contributed by atoms with Crippen LogP contribution in [0.1, 0.15) is 5.56 Å². The molecule has 5 heteroatoms. The van der Waals surface area contributed by atoms with Gasteiger partial charge in [0.25, 0.3) is 0 Å². The predicted octanol–water partition coefficient (Wildman–Crippen LogP) is 1.33. The molecule has 5 nitrogen and oxygen atoms in total. The van der Waals surface area contributed by atoms with Gasteiger partial charge in [-0.3, -0.25) is 5.41 Å². The summed E-state index contributed by atoms with van der Waals surface area (Å²) in [5.41, 5.74) is 6.99. The Hall–Kier alpha value is -1.88. The predicted molar refractivity (Wildman–Crippen MR) is 58.0 cm³/mol. The minimum absolute atomic E-state index is 0.448. The van der Waals surface area contributed by atoms with Crippen LogP contribution in [0, 0.1) is 5.41 Å². The second-order valence-corrected chi connectivity index (χ2v) is 2.84. The fourth-order valence-corrected chi connectivity index (χ4v) is 1.12. The summed E-state index contributed by atoms with van der Waals surface area (Å²) in [5.74, 6) is 0. The molecule has 0 saturated carbocycles. The van der Waals surface area contributed by atoms with Crippen LogP contribution in [0.25, 0.3) is 0 Å². The minimum atomic E-state index is -0.592. The van der Waals surface area contributed by atoms with Crippen molar-refractivity contribution in [3.63, 3.8) is 0 Å². The number of rotatable bonds is 3. The summed E-state index contributed by atoms with van der Waals surface area (Å²) in [7, 11) is 1.27. The van der Waals surface area contributed by atoms with Gasteiger partial charge in [0, 0.05) is 6.54 Å². The van der Waals surface area contributed by atoms with Crippen LogP contribution in [0.15, 0.2) is 24.3 Å². The van der Waals surface area contributed by atoms with Crippen LogP contribution in [-0.2, 0) is 11.3 Å². The van der Waals surface area contributed by atoms with Crippen molar-refractivity contribution in [2.24, 2.45) is 5.73 Å². The van der Waals surface area contributed by atoms with E-state index in [0.717, 1.165) is 16.8 Å². The molecule has 0 aliphatic heterocycles. The van der Waals surface area contributed by atoms with Crippen molar-refractivity contribution >= 4 is 18.1 Å². The molecular weight excluding hydrogens is 194 g/mol. The smallest absolute Gasteiger partial charge is 0.419 e. The molecule has 0 fully saturated rings. The van der Waals surface area contributed by atoms with E-state index in [1.54, 1.807) is 24.3 Å². The van der Waals surface area contributed by atoms with E-state index in [2.05, 4.69) is 4.74 Å². The highest BCUT2D eigenvalue weighted by molar-refractivity contribution is 6.03. The number of hydrogen-bond acceptors (Lipinski definition) is 4. The molecule has 3 N–H and O–H groups in total. The normalized spacial score (nSPS) is 9.47. The van der Waals surface area contributed by atoms with Crippen molar-refractivity contribution in [1.29, 1.82) is 5.41 Å². The van der Waals surface area contributed by atoms with Gasteiger partial charge in [-0.25, -0.2) is 9.69 Å². The Kier molecular flexibility index (Phi) is 3.82. The summed E-state index contributed by atoms with van der Waals surface area (Å²) in [5, 5.41) is 7.11. The topological polar surface area (TPSA) is 79.4 Å². The quantitative estimate of drug-likeness (QED) is 0.579. The van der Waals surface area contributed by atoms with E-state index in [4.69, 9.17) is 11.1 Å². The number of nitrogens with zero attached hydrogens (tertiary/aromatic N) is 1. The maximum Gasteiger partial charge on any atom is 0.419 e. The number of carbonyl (C=O) groups excluding carboxylic acids is 1. The number of amides is 1. The van der Waals surface area contributed by atoms with Gasteiger partial charge in [0.1, 0.15) is 0 Å². The average molecular weight is 207 g/mol. The Morgan fingerprint density at radius 2 is 2.13 bits per heavy atom. The Labute approximate surface area is 88.0 Å². The summed E-state index contributed by atoms with van der Waals surface area (Å²) in [6.45, 7) is 0.448. The molecular formula is C10H13N3O2. The van der Waals surface area contributed by atoms with Crippen LogP contribution in [0.3, 0.4) is 0 Å². The fourth-order valence-electron chi connectivity index (χ4n) is 1.12. The highest BCUT2D eigenvalue weighted by atomic mass is 16.5. The zero-order valence-corrected chi connectivity index (χ0v) is 8.43. The summed E-state index contributed by atoms with van der Waals surface area (Å²) in [6, 6.07) is 7.03. The molecule has 0 aliphatic carbocycles. The summed E-state index contributed by atoms with van der Waals surface area (Å²) in [4.78, 5) is 12.3. The van der Waals surface area contributed by atoms with Crippen molar-refractivity contribution in [3.8, 4) is 0 Å². The fraction of sp³-hybridized carbons (Fsp3) is 0.200. The average Bonchev–Trinajstić information content (AvgIpc) is 2.30. The van der Waals surface area contributed by atoms with Crippen molar-refractivity contribution in [3.05, 3.63) is 29.8 Å². The van der Waals surface area contributed by atoms with Gasteiger partial charge in [-0.05, 0) is 17.7 Å². The van der Waals surface area contributed by atoms with E-state index in [0.29, 0.717) is 12.2 Å². The highest BCUT2D eigenvalue weighted by Crippen LogP contribution is 2.14. The molecule has 0 radical (unpaired) electrons. The van der Waals surface area contributed by atoms with Gasteiger partial charge in [-0.1, -0.05) is 12.1 Å². The first kappa shape index (κ1) is 11.2. The summed E-state index contributed by atoms with van der Waals surface area (Å²) < 4.78 is 4.53. The number of hydrogen-bond donors (Lipinski definition) is 2. The molecule has 0 saturated heterocycles. The molecule has 1 amide bonds. The Bertz CT molecular complexity index is 348. The summed E-state index contributed by atoms with van der Waals surface area (Å²) >= 11 is 0. The van der Waals surface area contributed by atoms with Gasteiger partial charge in [0.2, 0.25) is 0 Å². The molecule has 15 heavy (non-hydrogen) atoms. The number of methoxy groups -OCH3 is 1. The van der Waals surface area contributed by atoms with Gasteiger partial charge in [0.05, 0.1) is 19.1 Å². The third kappa shape index (κ3) is 2.54. The van der Waals surface area contributed by atoms with E-state index in [-0.39, 0.29) is 0 Å². The largest absolute Gasteiger partial charge is 0.452 e. The molecule has 0 aliphatic rings. The monoisotopic (exact) mass is 207 g/mol. The van der Waals surface area contributed by atoms with E-state index < -0.39 is 6.09 Å². The van der Waals surface area contributed by atoms with Crippen LogP contribution in [-0.4, -0.2) is 19.5 Å². The van der Waals surface area contributed by atoms with E-state index in [1.807, 2.05) is 0 Å². The van der Waals surface area contributed by atoms with E-state index >= 15 is 0 Å². The Morgan fingerprint density at radius 1 is 1.53 bits per heavy atom. The minimum Gasteiger partial charge on any atom is -0.452 e. The SMILES string of the molecule is COC(=O)N(C=N)c1ccc(CN)cc1. The second-order valence-electron chi connectivity index (χ2n) is 2.84. The van der Waals surface area contributed by atoms with Gasteiger partial charge in [0.15, 0.2) is 0 Å². The maximum absolute atomic E-state index is 11.2. The van der Waals surface area contributed by atoms with Gasteiger partial charge < -0.3 is 10.5 Å². The molecule has 1 rings (SSSR count). The summed E-state index contributed by atoms with van der Waals surface area (Å²) in [6.07, 6.45) is 0.314. The van der Waals surface area contributed by atoms with Crippen LogP contribution in [0.2, 0.25) is 0 Å². The van der Waals surface area contributed by atoms with Gasteiger partial charge >= 0.3 is 6.09 Å².